The number of carbonyl (C=O) groups excluding carboxylic acids is 2. The Morgan fingerprint density at radius 2 is 1.33 bits per heavy atom. The van der Waals surface area contributed by atoms with Gasteiger partial charge in [-0.25, -0.2) is 0 Å². The molecule has 3 rings (SSSR count). The van der Waals surface area contributed by atoms with Crippen molar-refractivity contribution in [3.63, 3.8) is 0 Å². The van der Waals surface area contributed by atoms with E-state index in [0.29, 0.717) is 16.9 Å². The van der Waals surface area contributed by atoms with Gasteiger partial charge in [0.05, 0.1) is 11.3 Å². The Kier molecular flexibility index (Phi) is 6.02. The van der Waals surface area contributed by atoms with Crippen molar-refractivity contribution in [2.24, 2.45) is 0 Å². The second-order valence-electron chi connectivity index (χ2n) is 5.72. The van der Waals surface area contributed by atoms with Crippen molar-refractivity contribution in [2.75, 3.05) is 10.6 Å². The topological polar surface area (TPSA) is 58.2 Å². The van der Waals surface area contributed by atoms with E-state index in [4.69, 9.17) is 11.6 Å². The summed E-state index contributed by atoms with van der Waals surface area (Å²) in [6.45, 7) is 0. The summed E-state index contributed by atoms with van der Waals surface area (Å²) in [5.41, 5.74) is 2.22. The normalized spacial score (nSPS) is 10.9. The molecule has 4 nitrogen and oxygen atoms in total. The number of carbonyl (C=O) groups is 2. The molecule has 3 aromatic carbocycles. The molecule has 0 aromatic heterocycles. The molecule has 0 unspecified atom stereocenters. The van der Waals surface area contributed by atoms with E-state index in [9.17, 15) is 9.59 Å². The SMILES string of the molecule is O=C(Nc1ccccc1C(=O)Nc1ccccc1)/C(Cl)=C/c1ccccc1. The van der Waals surface area contributed by atoms with E-state index in [0.717, 1.165) is 5.56 Å². The Morgan fingerprint density at radius 1 is 0.741 bits per heavy atom. The van der Waals surface area contributed by atoms with Crippen LogP contribution in [0.1, 0.15) is 15.9 Å². The Balaban J connectivity index is 1.76. The van der Waals surface area contributed by atoms with Gasteiger partial charge in [-0.2, -0.15) is 0 Å². The zero-order valence-electron chi connectivity index (χ0n) is 14.4. The lowest BCUT2D eigenvalue weighted by Gasteiger charge is -2.11. The molecule has 0 fully saturated rings. The zero-order valence-corrected chi connectivity index (χ0v) is 15.1. The third-order valence-electron chi connectivity index (χ3n) is 3.76. The number of hydrogen-bond donors (Lipinski definition) is 2. The maximum absolute atomic E-state index is 12.6. The van der Waals surface area contributed by atoms with Gasteiger partial charge in [-0.3, -0.25) is 9.59 Å². The molecule has 0 heterocycles. The van der Waals surface area contributed by atoms with Crippen LogP contribution in [0.3, 0.4) is 0 Å². The van der Waals surface area contributed by atoms with Crippen LogP contribution in [0.25, 0.3) is 6.08 Å². The summed E-state index contributed by atoms with van der Waals surface area (Å²) in [6, 6.07) is 25.2. The van der Waals surface area contributed by atoms with Gasteiger partial charge in [0.15, 0.2) is 0 Å². The van der Waals surface area contributed by atoms with E-state index in [-0.39, 0.29) is 10.9 Å². The van der Waals surface area contributed by atoms with Gasteiger partial charge in [-0.05, 0) is 35.9 Å². The average Bonchev–Trinajstić information content (AvgIpc) is 2.70. The first-order valence-electron chi connectivity index (χ1n) is 8.32. The number of amides is 2. The summed E-state index contributed by atoms with van der Waals surface area (Å²) in [5, 5.41) is 5.53. The fourth-order valence-electron chi connectivity index (χ4n) is 2.45. The van der Waals surface area contributed by atoms with Crippen molar-refractivity contribution in [3.05, 3.63) is 101 Å². The summed E-state index contributed by atoms with van der Waals surface area (Å²) in [4.78, 5) is 25.0. The molecular formula is C22H17ClN2O2. The maximum atomic E-state index is 12.6. The van der Waals surface area contributed by atoms with Crippen molar-refractivity contribution >= 4 is 40.9 Å². The van der Waals surface area contributed by atoms with Crippen LogP contribution in [0.5, 0.6) is 0 Å². The summed E-state index contributed by atoms with van der Waals surface area (Å²) in [7, 11) is 0. The van der Waals surface area contributed by atoms with E-state index in [1.807, 2.05) is 48.5 Å². The third-order valence-corrected chi connectivity index (χ3v) is 4.04. The molecule has 0 bridgehead atoms. The minimum atomic E-state index is -0.486. The predicted molar refractivity (Wildman–Crippen MR) is 110 cm³/mol. The Labute approximate surface area is 162 Å². The van der Waals surface area contributed by atoms with Gasteiger partial charge >= 0.3 is 0 Å². The summed E-state index contributed by atoms with van der Waals surface area (Å²) in [6.07, 6.45) is 1.57. The molecule has 3 aromatic rings. The van der Waals surface area contributed by atoms with Crippen molar-refractivity contribution in [3.8, 4) is 0 Å². The van der Waals surface area contributed by atoms with Crippen LogP contribution < -0.4 is 10.6 Å². The number of halogens is 1. The Hall–Kier alpha value is -3.37. The highest BCUT2D eigenvalue weighted by atomic mass is 35.5. The van der Waals surface area contributed by atoms with Crippen molar-refractivity contribution in [2.45, 2.75) is 0 Å². The molecule has 0 aliphatic carbocycles. The molecule has 5 heteroatoms. The van der Waals surface area contributed by atoms with E-state index >= 15 is 0 Å². The molecule has 0 atom stereocenters. The van der Waals surface area contributed by atoms with Crippen LogP contribution >= 0.6 is 11.6 Å². The number of nitrogens with one attached hydrogen (secondary N) is 2. The highest BCUT2D eigenvalue weighted by Crippen LogP contribution is 2.19. The van der Waals surface area contributed by atoms with Crippen LogP contribution in [0.15, 0.2) is 90.0 Å². The molecule has 2 amide bonds. The standard InChI is InChI=1S/C22H17ClN2O2/c23-19(15-16-9-3-1-4-10-16)22(27)25-20-14-8-7-13-18(20)21(26)24-17-11-5-2-6-12-17/h1-15H,(H,24,26)(H,25,27)/b19-15-. The second kappa shape index (κ2) is 8.83. The molecule has 0 aliphatic rings. The number of anilines is 2. The van der Waals surface area contributed by atoms with Crippen LogP contribution in [0.2, 0.25) is 0 Å². The number of para-hydroxylation sites is 2. The van der Waals surface area contributed by atoms with Crippen LogP contribution in [-0.4, -0.2) is 11.8 Å². The Bertz CT molecular complexity index is 970. The third kappa shape index (κ3) is 5.06. The minimum Gasteiger partial charge on any atom is -0.322 e. The quantitative estimate of drug-likeness (QED) is 0.604. The van der Waals surface area contributed by atoms with Gasteiger partial charge in [-0.1, -0.05) is 72.3 Å². The maximum Gasteiger partial charge on any atom is 0.267 e. The fraction of sp³-hybridized carbons (Fsp3) is 0. The smallest absolute Gasteiger partial charge is 0.267 e. The molecule has 134 valence electrons. The lowest BCUT2D eigenvalue weighted by Crippen LogP contribution is -2.18. The van der Waals surface area contributed by atoms with E-state index < -0.39 is 5.91 Å². The molecule has 27 heavy (non-hydrogen) atoms. The van der Waals surface area contributed by atoms with Crippen molar-refractivity contribution < 1.29 is 9.59 Å². The number of benzene rings is 3. The average molecular weight is 377 g/mol. The highest BCUT2D eigenvalue weighted by Gasteiger charge is 2.15. The summed E-state index contributed by atoms with van der Waals surface area (Å²) < 4.78 is 0. The monoisotopic (exact) mass is 376 g/mol. The minimum absolute atomic E-state index is 0.0273. The van der Waals surface area contributed by atoms with Gasteiger partial charge < -0.3 is 10.6 Å². The second-order valence-corrected chi connectivity index (χ2v) is 6.13. The molecule has 0 saturated carbocycles. The van der Waals surface area contributed by atoms with Gasteiger partial charge in [0, 0.05) is 5.69 Å². The van der Waals surface area contributed by atoms with E-state index in [2.05, 4.69) is 10.6 Å². The first-order valence-corrected chi connectivity index (χ1v) is 8.70. The summed E-state index contributed by atoms with van der Waals surface area (Å²) in [5.74, 6) is -0.805. The van der Waals surface area contributed by atoms with Crippen molar-refractivity contribution in [1.82, 2.24) is 0 Å². The zero-order chi connectivity index (χ0) is 19.1. The summed E-state index contributed by atoms with van der Waals surface area (Å²) >= 11 is 6.13. The lowest BCUT2D eigenvalue weighted by molar-refractivity contribution is -0.112. The predicted octanol–water partition coefficient (Wildman–Crippen LogP) is 5.16. The number of rotatable bonds is 5. The Morgan fingerprint density at radius 3 is 2.04 bits per heavy atom. The van der Waals surface area contributed by atoms with Gasteiger partial charge in [-0.15, -0.1) is 0 Å². The first-order chi connectivity index (χ1) is 13.1. The van der Waals surface area contributed by atoms with Gasteiger partial charge in [0.1, 0.15) is 5.03 Å². The fourth-order valence-corrected chi connectivity index (χ4v) is 2.63. The molecule has 0 saturated heterocycles. The highest BCUT2D eigenvalue weighted by molar-refractivity contribution is 6.45. The van der Waals surface area contributed by atoms with Crippen LogP contribution in [0, 0.1) is 0 Å². The molecule has 2 N–H and O–H groups in total. The molecular weight excluding hydrogens is 360 g/mol. The lowest BCUT2D eigenvalue weighted by atomic mass is 10.1. The van der Waals surface area contributed by atoms with Crippen LogP contribution in [0.4, 0.5) is 11.4 Å². The van der Waals surface area contributed by atoms with E-state index in [1.54, 1.807) is 42.5 Å². The molecule has 0 spiro atoms. The van der Waals surface area contributed by atoms with Crippen molar-refractivity contribution in [1.29, 1.82) is 0 Å². The van der Waals surface area contributed by atoms with Gasteiger partial charge in [0.25, 0.3) is 11.8 Å². The largest absolute Gasteiger partial charge is 0.322 e. The molecule has 0 radical (unpaired) electrons. The van der Waals surface area contributed by atoms with Crippen LogP contribution in [-0.2, 0) is 4.79 Å². The van der Waals surface area contributed by atoms with E-state index in [1.165, 1.54) is 0 Å². The molecule has 0 aliphatic heterocycles. The number of hydrogen-bond acceptors (Lipinski definition) is 2. The first kappa shape index (κ1) is 18.4. The van der Waals surface area contributed by atoms with Gasteiger partial charge in [0.2, 0.25) is 0 Å².